The highest BCUT2D eigenvalue weighted by atomic mass is 16.6. The lowest BCUT2D eigenvalue weighted by Crippen LogP contribution is -2.36. The molecular weight excluding hydrogens is 488 g/mol. The predicted molar refractivity (Wildman–Crippen MR) is 141 cm³/mol. The number of Topliss-reactive ketones (excluding diaryl/α,β-unsaturated/α-hetero) is 1. The second-order valence-electron chi connectivity index (χ2n) is 9.66. The lowest BCUT2D eigenvalue weighted by molar-refractivity contribution is -0.384. The van der Waals surface area contributed by atoms with Gasteiger partial charge in [0.2, 0.25) is 0 Å². The Morgan fingerprint density at radius 1 is 1.11 bits per heavy atom. The number of nitrogens with one attached hydrogen (secondary N) is 1. The summed E-state index contributed by atoms with van der Waals surface area (Å²) in [5.74, 6) is -0.748. The van der Waals surface area contributed by atoms with Crippen molar-refractivity contribution < 1.29 is 28.7 Å². The van der Waals surface area contributed by atoms with Crippen LogP contribution < -0.4 is 10.1 Å². The SMILES string of the molecule is COc1ccccc1[C@H]1CC(=O)C2=C(C1)NC(C)=C(C(=O)OCCOC(C)C)[C@@H]2c1ccc([N+](=O)[O-])cc1. The maximum Gasteiger partial charge on any atom is 0.336 e. The molecule has 0 radical (unpaired) electrons. The number of ether oxygens (including phenoxy) is 3. The molecule has 200 valence electrons. The molecule has 1 aliphatic carbocycles. The first-order chi connectivity index (χ1) is 18.2. The summed E-state index contributed by atoms with van der Waals surface area (Å²) in [6.07, 6.45) is 0.795. The van der Waals surface area contributed by atoms with Crippen LogP contribution in [0.15, 0.2) is 71.1 Å². The molecular formula is C29H32N2O7. The molecule has 1 heterocycles. The number of benzene rings is 2. The van der Waals surface area contributed by atoms with Gasteiger partial charge in [-0.05, 0) is 44.4 Å². The van der Waals surface area contributed by atoms with Gasteiger partial charge < -0.3 is 19.5 Å². The van der Waals surface area contributed by atoms with Crippen molar-refractivity contribution in [2.45, 2.75) is 51.6 Å². The van der Waals surface area contributed by atoms with E-state index in [0.717, 1.165) is 17.0 Å². The number of dihydropyridines is 1. The number of allylic oxidation sites excluding steroid dienone is 3. The summed E-state index contributed by atoms with van der Waals surface area (Å²) in [4.78, 5) is 37.8. The summed E-state index contributed by atoms with van der Waals surface area (Å²) in [5, 5.41) is 14.5. The fraction of sp³-hybridized carbons (Fsp3) is 0.379. The number of hydrogen-bond donors (Lipinski definition) is 1. The van der Waals surface area contributed by atoms with Crippen LogP contribution in [-0.4, -0.2) is 43.1 Å². The molecule has 0 saturated carbocycles. The van der Waals surface area contributed by atoms with Crippen molar-refractivity contribution in [2.24, 2.45) is 0 Å². The Bertz CT molecular complexity index is 1290. The van der Waals surface area contributed by atoms with Crippen LogP contribution in [0.25, 0.3) is 0 Å². The van der Waals surface area contributed by atoms with Crippen molar-refractivity contribution in [1.82, 2.24) is 5.32 Å². The number of ketones is 1. The number of esters is 1. The molecule has 2 aromatic rings. The lowest BCUT2D eigenvalue weighted by atomic mass is 9.71. The minimum absolute atomic E-state index is 0.00242. The first-order valence-corrected chi connectivity index (χ1v) is 12.6. The van der Waals surface area contributed by atoms with E-state index in [9.17, 15) is 19.7 Å². The highest BCUT2D eigenvalue weighted by molar-refractivity contribution is 6.04. The van der Waals surface area contributed by atoms with Crippen molar-refractivity contribution >= 4 is 17.4 Å². The Labute approximate surface area is 221 Å². The van der Waals surface area contributed by atoms with E-state index in [1.807, 2.05) is 38.1 Å². The monoisotopic (exact) mass is 520 g/mol. The van der Waals surface area contributed by atoms with E-state index in [0.29, 0.717) is 28.8 Å². The number of nitrogens with zero attached hydrogens (tertiary/aromatic N) is 1. The molecule has 0 bridgehead atoms. The number of carbonyl (C=O) groups excluding carboxylic acids is 2. The van der Waals surface area contributed by atoms with Crippen molar-refractivity contribution in [3.8, 4) is 5.75 Å². The molecule has 1 N–H and O–H groups in total. The maximum atomic E-state index is 13.7. The van der Waals surface area contributed by atoms with Crippen LogP contribution in [0.2, 0.25) is 0 Å². The van der Waals surface area contributed by atoms with E-state index in [4.69, 9.17) is 14.2 Å². The van der Waals surface area contributed by atoms with Gasteiger partial charge in [-0.3, -0.25) is 14.9 Å². The Kier molecular flexibility index (Phi) is 8.26. The van der Waals surface area contributed by atoms with Crippen molar-refractivity contribution in [2.75, 3.05) is 20.3 Å². The third kappa shape index (κ3) is 5.62. The highest BCUT2D eigenvalue weighted by Crippen LogP contribution is 2.47. The standard InChI is InChI=1S/C29H32N2O7/c1-17(2)37-13-14-38-29(33)26-18(3)30-23-15-20(22-7-5-6-8-25(22)36-4)16-24(32)28(23)27(26)19-9-11-21(12-10-19)31(34)35/h5-12,17,20,27,30H,13-16H2,1-4H3/t20-,27+/m1/s1. The van der Waals surface area contributed by atoms with Crippen LogP contribution in [0.4, 0.5) is 5.69 Å². The number of hydrogen-bond acceptors (Lipinski definition) is 8. The topological polar surface area (TPSA) is 117 Å². The van der Waals surface area contributed by atoms with Crippen molar-refractivity contribution in [1.29, 1.82) is 0 Å². The second kappa shape index (κ2) is 11.6. The van der Waals surface area contributed by atoms with Crippen LogP contribution in [0.5, 0.6) is 5.75 Å². The van der Waals surface area contributed by atoms with E-state index in [1.54, 1.807) is 26.2 Å². The van der Waals surface area contributed by atoms with Crippen LogP contribution in [0, 0.1) is 10.1 Å². The molecule has 0 spiro atoms. The Hall–Kier alpha value is -3.98. The second-order valence-corrected chi connectivity index (χ2v) is 9.66. The Balaban J connectivity index is 1.72. The van der Waals surface area contributed by atoms with Gasteiger partial charge >= 0.3 is 5.97 Å². The van der Waals surface area contributed by atoms with Gasteiger partial charge in [-0.25, -0.2) is 4.79 Å². The Morgan fingerprint density at radius 2 is 1.82 bits per heavy atom. The van der Waals surface area contributed by atoms with E-state index >= 15 is 0 Å². The molecule has 2 aliphatic rings. The first kappa shape index (κ1) is 27.1. The molecule has 0 saturated heterocycles. The minimum Gasteiger partial charge on any atom is -0.496 e. The lowest BCUT2D eigenvalue weighted by Gasteiger charge is -2.37. The van der Waals surface area contributed by atoms with Gasteiger partial charge in [-0.15, -0.1) is 0 Å². The number of carbonyl (C=O) groups is 2. The minimum atomic E-state index is -0.711. The number of methoxy groups -OCH3 is 1. The first-order valence-electron chi connectivity index (χ1n) is 12.6. The summed E-state index contributed by atoms with van der Waals surface area (Å²) >= 11 is 0. The fourth-order valence-electron chi connectivity index (χ4n) is 5.15. The molecule has 9 nitrogen and oxygen atoms in total. The predicted octanol–water partition coefficient (Wildman–Crippen LogP) is 4.93. The number of non-ortho nitro benzene ring substituents is 1. The van der Waals surface area contributed by atoms with Gasteiger partial charge in [0, 0.05) is 47.4 Å². The third-order valence-corrected chi connectivity index (χ3v) is 6.83. The van der Waals surface area contributed by atoms with Crippen LogP contribution in [-0.2, 0) is 19.1 Å². The summed E-state index contributed by atoms with van der Waals surface area (Å²) < 4.78 is 16.6. The summed E-state index contributed by atoms with van der Waals surface area (Å²) in [5.41, 5.74) is 3.60. The maximum absolute atomic E-state index is 13.7. The molecule has 0 aromatic heterocycles. The largest absolute Gasteiger partial charge is 0.496 e. The number of rotatable bonds is 9. The zero-order valence-electron chi connectivity index (χ0n) is 22.0. The normalized spacial score (nSPS) is 19.2. The average molecular weight is 521 g/mol. The van der Waals surface area contributed by atoms with Crippen LogP contribution in [0.3, 0.4) is 0 Å². The molecule has 38 heavy (non-hydrogen) atoms. The molecule has 0 fully saturated rings. The number of nitro benzene ring substituents is 1. The molecule has 0 unspecified atom stereocenters. The molecule has 0 amide bonds. The zero-order valence-corrected chi connectivity index (χ0v) is 22.0. The molecule has 9 heteroatoms. The third-order valence-electron chi connectivity index (χ3n) is 6.83. The quantitative estimate of drug-likeness (QED) is 0.214. The van der Waals surface area contributed by atoms with E-state index < -0.39 is 16.8 Å². The van der Waals surface area contributed by atoms with Gasteiger partial charge in [-0.2, -0.15) is 0 Å². The van der Waals surface area contributed by atoms with Gasteiger partial charge in [0.15, 0.2) is 5.78 Å². The van der Waals surface area contributed by atoms with Gasteiger partial charge in [0.25, 0.3) is 5.69 Å². The molecule has 2 atom stereocenters. The summed E-state index contributed by atoms with van der Waals surface area (Å²) in [6, 6.07) is 13.6. The van der Waals surface area contributed by atoms with E-state index in [-0.39, 0.29) is 43.1 Å². The van der Waals surface area contributed by atoms with Gasteiger partial charge in [0.1, 0.15) is 12.4 Å². The average Bonchev–Trinajstić information content (AvgIpc) is 2.90. The summed E-state index contributed by atoms with van der Waals surface area (Å²) in [6.45, 7) is 5.88. The number of nitro groups is 1. The van der Waals surface area contributed by atoms with E-state index in [2.05, 4.69) is 5.32 Å². The zero-order chi connectivity index (χ0) is 27.4. The van der Waals surface area contributed by atoms with E-state index in [1.165, 1.54) is 12.1 Å². The number of para-hydroxylation sites is 1. The van der Waals surface area contributed by atoms with Crippen molar-refractivity contribution in [3.05, 3.63) is 92.3 Å². The van der Waals surface area contributed by atoms with Gasteiger partial charge in [-0.1, -0.05) is 30.3 Å². The summed E-state index contributed by atoms with van der Waals surface area (Å²) in [7, 11) is 1.61. The Morgan fingerprint density at radius 3 is 2.47 bits per heavy atom. The highest BCUT2D eigenvalue weighted by Gasteiger charge is 2.42. The fourth-order valence-corrected chi connectivity index (χ4v) is 5.15. The smallest absolute Gasteiger partial charge is 0.336 e. The molecule has 2 aromatic carbocycles. The van der Waals surface area contributed by atoms with Crippen LogP contribution in [0.1, 0.15) is 56.6 Å². The molecule has 4 rings (SSSR count). The van der Waals surface area contributed by atoms with Crippen LogP contribution >= 0.6 is 0 Å². The van der Waals surface area contributed by atoms with Gasteiger partial charge in [0.05, 0.1) is 30.3 Å². The molecule has 1 aliphatic heterocycles. The van der Waals surface area contributed by atoms with Crippen molar-refractivity contribution in [3.63, 3.8) is 0 Å².